The van der Waals surface area contributed by atoms with Crippen LogP contribution in [0.25, 0.3) is 0 Å². The highest BCUT2D eigenvalue weighted by atomic mass is 16.5. The molecule has 2 N–H and O–H groups in total. The fourth-order valence-corrected chi connectivity index (χ4v) is 1.55. The van der Waals surface area contributed by atoms with E-state index in [0.29, 0.717) is 11.8 Å². The summed E-state index contributed by atoms with van der Waals surface area (Å²) in [6.07, 6.45) is 1.69. The zero-order valence-electron chi connectivity index (χ0n) is 10.2. The second-order valence-electron chi connectivity index (χ2n) is 4.07. The molecule has 0 aliphatic rings. The van der Waals surface area contributed by atoms with E-state index in [4.69, 9.17) is 10.5 Å². The molecule has 0 bridgehead atoms. The number of rotatable bonds is 3. The van der Waals surface area contributed by atoms with Gasteiger partial charge in [0.2, 0.25) is 11.8 Å². The third kappa shape index (κ3) is 2.62. The van der Waals surface area contributed by atoms with Crippen molar-refractivity contribution >= 4 is 0 Å². The lowest BCUT2D eigenvalue weighted by atomic mass is 10.1. The highest BCUT2D eigenvalue weighted by molar-refractivity contribution is 5.27. The third-order valence-electron chi connectivity index (χ3n) is 2.45. The van der Waals surface area contributed by atoms with E-state index in [-0.39, 0.29) is 6.04 Å². The molecule has 0 aliphatic heterocycles. The van der Waals surface area contributed by atoms with Crippen molar-refractivity contribution < 1.29 is 4.74 Å². The van der Waals surface area contributed by atoms with Crippen LogP contribution in [-0.4, -0.2) is 14.8 Å². The Kier molecular flexibility index (Phi) is 3.10. The Labute approximate surface area is 100 Å². The number of nitrogens with two attached hydrogens (primary N) is 1. The second-order valence-corrected chi connectivity index (χ2v) is 4.07. The van der Waals surface area contributed by atoms with Crippen LogP contribution < -0.4 is 10.5 Å². The fraction of sp³-hybridized carbons (Fsp3) is 0.333. The average molecular weight is 232 g/mol. The lowest BCUT2D eigenvalue weighted by Crippen LogP contribution is -2.05. The molecule has 0 saturated carbocycles. The zero-order chi connectivity index (χ0) is 12.4. The molecule has 2 rings (SSSR count). The van der Waals surface area contributed by atoms with Gasteiger partial charge in [0.1, 0.15) is 0 Å². The molecule has 0 aromatic carbocycles. The maximum Gasteiger partial charge on any atom is 0.221 e. The largest absolute Gasteiger partial charge is 0.421 e. The van der Waals surface area contributed by atoms with Crippen LogP contribution in [0.3, 0.4) is 0 Å². The number of nitrogens with zero attached hydrogens (tertiary/aromatic N) is 3. The van der Waals surface area contributed by atoms with E-state index in [9.17, 15) is 0 Å². The van der Waals surface area contributed by atoms with Crippen LogP contribution in [-0.2, 0) is 7.05 Å². The van der Waals surface area contributed by atoms with Crippen molar-refractivity contribution in [3.63, 3.8) is 0 Å². The average Bonchev–Trinajstić information content (AvgIpc) is 2.58. The summed E-state index contributed by atoms with van der Waals surface area (Å²) in [7, 11) is 1.83. The molecule has 2 aromatic rings. The summed E-state index contributed by atoms with van der Waals surface area (Å²) < 4.78 is 7.33. The second kappa shape index (κ2) is 4.55. The molecular weight excluding hydrogens is 216 g/mol. The Morgan fingerprint density at radius 2 is 2.18 bits per heavy atom. The van der Waals surface area contributed by atoms with E-state index in [1.807, 2.05) is 39.1 Å². The van der Waals surface area contributed by atoms with E-state index in [0.717, 1.165) is 11.3 Å². The summed E-state index contributed by atoms with van der Waals surface area (Å²) in [6, 6.07) is 5.55. The summed E-state index contributed by atoms with van der Waals surface area (Å²) in [5, 5.41) is 4.20. The van der Waals surface area contributed by atoms with Gasteiger partial charge < -0.3 is 10.5 Å². The molecule has 0 unspecified atom stereocenters. The predicted octanol–water partition coefficient (Wildman–Crippen LogP) is 1.94. The molecular formula is C12H16N4O. The van der Waals surface area contributed by atoms with Crippen LogP contribution in [0.1, 0.15) is 24.2 Å². The molecule has 2 heterocycles. The number of ether oxygens (including phenoxy) is 1. The van der Waals surface area contributed by atoms with Gasteiger partial charge in [0, 0.05) is 31.4 Å². The number of pyridine rings is 1. The van der Waals surface area contributed by atoms with Crippen molar-refractivity contribution in [3.05, 3.63) is 35.7 Å². The lowest BCUT2D eigenvalue weighted by molar-refractivity contribution is 0.414. The molecule has 0 radical (unpaired) electrons. The molecule has 0 saturated heterocycles. The van der Waals surface area contributed by atoms with Gasteiger partial charge >= 0.3 is 0 Å². The maximum atomic E-state index is 5.81. The van der Waals surface area contributed by atoms with Gasteiger partial charge in [0.15, 0.2) is 0 Å². The standard InChI is InChI=1S/C12H16N4O/c1-8-6-12(16(3)15-8)17-11-7-10(9(2)13)4-5-14-11/h4-7,9H,13H2,1-3H3/t9-/m0/s1. The number of aromatic nitrogens is 3. The van der Waals surface area contributed by atoms with Gasteiger partial charge in [-0.3, -0.25) is 0 Å². The molecule has 5 nitrogen and oxygen atoms in total. The fourth-order valence-electron chi connectivity index (χ4n) is 1.55. The summed E-state index contributed by atoms with van der Waals surface area (Å²) in [5.41, 5.74) is 7.71. The highest BCUT2D eigenvalue weighted by Crippen LogP contribution is 2.21. The SMILES string of the molecule is Cc1cc(Oc2cc([C@H](C)N)ccn2)n(C)n1. The van der Waals surface area contributed by atoms with Crippen molar-refractivity contribution in [2.45, 2.75) is 19.9 Å². The normalized spacial score (nSPS) is 12.5. The Hall–Kier alpha value is -1.88. The summed E-state index contributed by atoms with van der Waals surface area (Å²) >= 11 is 0. The number of aryl methyl sites for hydroxylation is 2. The molecule has 2 aromatic heterocycles. The Morgan fingerprint density at radius 1 is 1.41 bits per heavy atom. The van der Waals surface area contributed by atoms with Gasteiger partial charge in [-0.15, -0.1) is 0 Å². The van der Waals surface area contributed by atoms with E-state index >= 15 is 0 Å². The molecule has 0 aliphatic carbocycles. The first-order valence-electron chi connectivity index (χ1n) is 5.46. The topological polar surface area (TPSA) is 66.0 Å². The van der Waals surface area contributed by atoms with Crippen molar-refractivity contribution in [3.8, 4) is 11.8 Å². The number of hydrogen-bond acceptors (Lipinski definition) is 4. The van der Waals surface area contributed by atoms with Crippen LogP contribution in [0.5, 0.6) is 11.8 Å². The van der Waals surface area contributed by atoms with Crippen molar-refractivity contribution in [2.75, 3.05) is 0 Å². The first-order chi connectivity index (χ1) is 8.06. The van der Waals surface area contributed by atoms with Crippen LogP contribution in [0.4, 0.5) is 0 Å². The van der Waals surface area contributed by atoms with Crippen molar-refractivity contribution in [2.24, 2.45) is 12.8 Å². The van der Waals surface area contributed by atoms with E-state index < -0.39 is 0 Å². The van der Waals surface area contributed by atoms with Crippen LogP contribution >= 0.6 is 0 Å². The summed E-state index contributed by atoms with van der Waals surface area (Å²) in [4.78, 5) is 4.15. The van der Waals surface area contributed by atoms with Gasteiger partial charge in [-0.1, -0.05) is 0 Å². The Bertz CT molecular complexity index is 519. The van der Waals surface area contributed by atoms with Gasteiger partial charge in [0.05, 0.1) is 5.69 Å². The van der Waals surface area contributed by atoms with Crippen LogP contribution in [0, 0.1) is 6.92 Å². The molecule has 1 atom stereocenters. The Balaban J connectivity index is 2.24. The van der Waals surface area contributed by atoms with E-state index in [1.54, 1.807) is 10.9 Å². The highest BCUT2D eigenvalue weighted by Gasteiger charge is 2.07. The van der Waals surface area contributed by atoms with E-state index in [2.05, 4.69) is 10.1 Å². The minimum atomic E-state index is -0.0337. The molecule has 90 valence electrons. The Morgan fingerprint density at radius 3 is 2.76 bits per heavy atom. The molecule has 0 fully saturated rings. The maximum absolute atomic E-state index is 5.81. The molecule has 0 amide bonds. The monoisotopic (exact) mass is 232 g/mol. The number of hydrogen-bond donors (Lipinski definition) is 1. The molecule has 0 spiro atoms. The minimum Gasteiger partial charge on any atom is -0.421 e. The van der Waals surface area contributed by atoms with Crippen molar-refractivity contribution in [1.29, 1.82) is 0 Å². The molecule has 5 heteroatoms. The van der Waals surface area contributed by atoms with Gasteiger partial charge in [-0.25, -0.2) is 9.67 Å². The summed E-state index contributed by atoms with van der Waals surface area (Å²) in [6.45, 7) is 3.84. The quantitative estimate of drug-likeness (QED) is 0.878. The predicted molar refractivity (Wildman–Crippen MR) is 64.9 cm³/mol. The first-order valence-corrected chi connectivity index (χ1v) is 5.46. The lowest BCUT2D eigenvalue weighted by Gasteiger charge is -2.08. The van der Waals surface area contributed by atoms with Gasteiger partial charge in [-0.05, 0) is 25.5 Å². The first kappa shape index (κ1) is 11.6. The van der Waals surface area contributed by atoms with Crippen molar-refractivity contribution in [1.82, 2.24) is 14.8 Å². The van der Waals surface area contributed by atoms with Gasteiger partial charge in [-0.2, -0.15) is 5.10 Å². The van der Waals surface area contributed by atoms with Crippen LogP contribution in [0.2, 0.25) is 0 Å². The zero-order valence-corrected chi connectivity index (χ0v) is 10.2. The van der Waals surface area contributed by atoms with E-state index in [1.165, 1.54) is 0 Å². The minimum absolute atomic E-state index is 0.0337. The van der Waals surface area contributed by atoms with Gasteiger partial charge in [0.25, 0.3) is 0 Å². The molecule has 17 heavy (non-hydrogen) atoms. The smallest absolute Gasteiger partial charge is 0.221 e. The van der Waals surface area contributed by atoms with Crippen LogP contribution in [0.15, 0.2) is 24.4 Å². The third-order valence-corrected chi connectivity index (χ3v) is 2.45. The summed E-state index contributed by atoms with van der Waals surface area (Å²) in [5.74, 6) is 1.19.